The first-order chi connectivity index (χ1) is 17.6. The largest absolute Gasteiger partial charge is 0.470 e. The van der Waals surface area contributed by atoms with E-state index in [0.29, 0.717) is 29.5 Å². The van der Waals surface area contributed by atoms with Gasteiger partial charge in [-0.1, -0.05) is 17.3 Å². The number of amides is 1. The number of nitrogens with zero attached hydrogens (tertiary/aromatic N) is 4. The average Bonchev–Trinajstić information content (AvgIpc) is 3.44. The number of aromatic nitrogens is 4. The number of aryl methyl sites for hydroxylation is 3. The number of halogens is 3. The van der Waals surface area contributed by atoms with Gasteiger partial charge in [-0.3, -0.25) is 13.7 Å². The van der Waals surface area contributed by atoms with Gasteiger partial charge in [-0.25, -0.2) is 9.55 Å². The summed E-state index contributed by atoms with van der Waals surface area (Å²) in [6, 6.07) is 8.62. The monoisotopic (exact) mass is 553 g/mol. The Morgan fingerprint density at radius 1 is 1.21 bits per heavy atom. The molecule has 3 heterocycles. The summed E-state index contributed by atoms with van der Waals surface area (Å²) in [5, 5.41) is 6.60. The summed E-state index contributed by atoms with van der Waals surface area (Å²) in [6.07, 6.45) is -3.21. The summed E-state index contributed by atoms with van der Waals surface area (Å²) in [4.78, 5) is 39.1. The third-order valence-corrected chi connectivity index (χ3v) is 6.49. The zero-order valence-corrected chi connectivity index (χ0v) is 21.2. The van der Waals surface area contributed by atoms with Gasteiger partial charge >= 0.3 is 14.0 Å². The number of alkyl halides is 3. The van der Waals surface area contributed by atoms with Crippen LogP contribution in [0.1, 0.15) is 40.9 Å². The highest BCUT2D eigenvalue weighted by molar-refractivity contribution is 7.46. The molecule has 0 fully saturated rings. The van der Waals surface area contributed by atoms with Gasteiger partial charge in [0.1, 0.15) is 11.3 Å². The fourth-order valence-electron chi connectivity index (χ4n) is 3.65. The van der Waals surface area contributed by atoms with Crippen LogP contribution in [0, 0.1) is 13.8 Å². The minimum absolute atomic E-state index is 0.0467. The quantitative estimate of drug-likeness (QED) is 0.266. The van der Waals surface area contributed by atoms with Crippen molar-refractivity contribution in [1.82, 2.24) is 19.5 Å². The first-order valence-corrected chi connectivity index (χ1v) is 12.7. The van der Waals surface area contributed by atoms with Crippen molar-refractivity contribution < 1.29 is 41.4 Å². The predicted molar refractivity (Wildman–Crippen MR) is 128 cm³/mol. The standard InChI is InChI=1S/C23H23F3N5O6P/c1-13-7-9-31-17(12-27-18(31)10-13)21(32)28-16-11-15(5-4-14(16)2)20-29-19(36-30-20)6-8-22(3,23(24,25)26)37-38(33,34)35/h4-5,7,9-12H,6,8H2,1-3H3,(H,28,32)(H2,33,34,35). The molecular formula is C23H23F3N5O6P. The number of nitrogens with one attached hydrogen (secondary N) is 1. The van der Waals surface area contributed by atoms with Gasteiger partial charge < -0.3 is 19.6 Å². The van der Waals surface area contributed by atoms with Crippen LogP contribution in [-0.2, 0) is 15.5 Å². The van der Waals surface area contributed by atoms with Crippen molar-refractivity contribution in [2.24, 2.45) is 0 Å². The molecule has 0 spiro atoms. The van der Waals surface area contributed by atoms with Crippen LogP contribution in [0.3, 0.4) is 0 Å². The second-order valence-electron chi connectivity index (χ2n) is 8.88. The summed E-state index contributed by atoms with van der Waals surface area (Å²) < 4.78 is 62.1. The number of hydrogen-bond acceptors (Lipinski definition) is 7. The molecular weight excluding hydrogens is 530 g/mol. The number of carbonyl (C=O) groups excluding carboxylic acids is 1. The molecule has 0 saturated carbocycles. The van der Waals surface area contributed by atoms with E-state index in [2.05, 4.69) is 25.0 Å². The van der Waals surface area contributed by atoms with E-state index in [1.54, 1.807) is 35.7 Å². The lowest BCUT2D eigenvalue weighted by molar-refractivity contribution is -0.248. The van der Waals surface area contributed by atoms with Gasteiger partial charge in [-0.05, 0) is 56.5 Å². The van der Waals surface area contributed by atoms with E-state index < -0.39 is 38.3 Å². The molecule has 0 radical (unpaired) electrons. The van der Waals surface area contributed by atoms with Crippen LogP contribution in [0.4, 0.5) is 18.9 Å². The number of rotatable bonds is 8. The van der Waals surface area contributed by atoms with Crippen LogP contribution in [0.2, 0.25) is 0 Å². The maximum absolute atomic E-state index is 13.4. The Labute approximate surface area is 213 Å². The minimum Gasteiger partial charge on any atom is -0.339 e. The number of hydrogen-bond donors (Lipinski definition) is 3. The Bertz CT molecular complexity index is 1550. The van der Waals surface area contributed by atoms with Crippen molar-refractivity contribution in [3.8, 4) is 11.4 Å². The molecule has 3 N–H and O–H groups in total. The van der Waals surface area contributed by atoms with Crippen molar-refractivity contribution in [3.05, 3.63) is 65.4 Å². The topological polar surface area (TPSA) is 152 Å². The normalized spacial score (nSPS) is 14.0. The predicted octanol–water partition coefficient (Wildman–Crippen LogP) is 4.62. The second-order valence-corrected chi connectivity index (χ2v) is 10.0. The third-order valence-electron chi connectivity index (χ3n) is 5.85. The summed E-state index contributed by atoms with van der Waals surface area (Å²) in [5.74, 6) is -0.561. The van der Waals surface area contributed by atoms with Crippen molar-refractivity contribution >= 4 is 25.1 Å². The van der Waals surface area contributed by atoms with Gasteiger partial charge in [0.15, 0.2) is 5.60 Å². The molecule has 0 aliphatic heterocycles. The van der Waals surface area contributed by atoms with Crippen LogP contribution in [0.15, 0.2) is 47.2 Å². The zero-order valence-electron chi connectivity index (χ0n) is 20.4. The fourth-order valence-corrected chi connectivity index (χ4v) is 4.37. The molecule has 0 aliphatic carbocycles. The van der Waals surface area contributed by atoms with Gasteiger partial charge in [0.25, 0.3) is 5.91 Å². The lowest BCUT2D eigenvalue weighted by atomic mass is 10.00. The van der Waals surface area contributed by atoms with Gasteiger partial charge in [0.2, 0.25) is 11.7 Å². The number of benzene rings is 1. The van der Waals surface area contributed by atoms with E-state index in [9.17, 15) is 22.5 Å². The number of imidazole rings is 1. The maximum atomic E-state index is 13.4. The fraction of sp³-hybridized carbons (Fsp3) is 0.304. The number of fused-ring (bicyclic) bond motifs is 1. The van der Waals surface area contributed by atoms with Crippen LogP contribution in [0.25, 0.3) is 17.0 Å². The molecule has 0 saturated heterocycles. The van der Waals surface area contributed by atoms with Crippen LogP contribution in [-0.4, -0.2) is 47.0 Å². The molecule has 4 rings (SSSR count). The van der Waals surface area contributed by atoms with Gasteiger partial charge in [-0.2, -0.15) is 18.2 Å². The van der Waals surface area contributed by atoms with Crippen molar-refractivity contribution in [2.45, 2.75) is 45.4 Å². The lowest BCUT2D eigenvalue weighted by Gasteiger charge is -2.31. The Balaban J connectivity index is 1.51. The van der Waals surface area contributed by atoms with Crippen LogP contribution < -0.4 is 5.32 Å². The molecule has 1 unspecified atom stereocenters. The van der Waals surface area contributed by atoms with E-state index in [4.69, 9.17) is 14.3 Å². The Hall–Kier alpha value is -3.58. The Kier molecular flexibility index (Phi) is 7.19. The summed E-state index contributed by atoms with van der Waals surface area (Å²) in [7, 11) is -5.43. The minimum atomic E-state index is -5.43. The van der Waals surface area contributed by atoms with Crippen molar-refractivity contribution in [2.75, 3.05) is 5.32 Å². The second kappa shape index (κ2) is 9.95. The number of phosphoric acid groups is 1. The molecule has 3 aromatic heterocycles. The highest BCUT2D eigenvalue weighted by atomic mass is 31.2. The first kappa shape index (κ1) is 27.5. The maximum Gasteiger partial charge on any atom is 0.470 e. The molecule has 11 nitrogen and oxygen atoms in total. The van der Waals surface area contributed by atoms with Crippen molar-refractivity contribution in [1.29, 1.82) is 0 Å². The number of anilines is 1. The van der Waals surface area contributed by atoms with Crippen LogP contribution >= 0.6 is 7.82 Å². The van der Waals surface area contributed by atoms with Gasteiger partial charge in [0, 0.05) is 23.9 Å². The molecule has 4 aromatic rings. The summed E-state index contributed by atoms with van der Waals surface area (Å²) in [6.45, 7) is 4.22. The van der Waals surface area contributed by atoms with Gasteiger partial charge in [-0.15, -0.1) is 0 Å². The highest BCUT2D eigenvalue weighted by Crippen LogP contribution is 2.49. The number of phosphoric ester groups is 1. The Morgan fingerprint density at radius 2 is 1.95 bits per heavy atom. The third kappa shape index (κ3) is 5.94. The smallest absolute Gasteiger partial charge is 0.339 e. The molecule has 202 valence electrons. The van der Waals surface area contributed by atoms with Gasteiger partial charge in [0.05, 0.1) is 6.20 Å². The summed E-state index contributed by atoms with van der Waals surface area (Å²) in [5.41, 5.74) is 0.379. The first-order valence-electron chi connectivity index (χ1n) is 11.2. The van der Waals surface area contributed by atoms with Crippen molar-refractivity contribution in [3.63, 3.8) is 0 Å². The SMILES string of the molecule is Cc1ccn2c(C(=O)Nc3cc(-c4noc(CCC(C)(OP(=O)(O)O)C(F)(F)F)n4)ccc3C)cnc2c1. The molecule has 15 heteroatoms. The Morgan fingerprint density at radius 3 is 2.63 bits per heavy atom. The average molecular weight is 553 g/mol. The zero-order chi connectivity index (χ0) is 27.9. The van der Waals surface area contributed by atoms with E-state index in [-0.39, 0.29) is 11.7 Å². The molecule has 38 heavy (non-hydrogen) atoms. The van der Waals surface area contributed by atoms with E-state index in [1.165, 1.54) is 6.20 Å². The molecule has 1 aromatic carbocycles. The molecule has 0 aliphatic rings. The molecule has 1 atom stereocenters. The number of carbonyl (C=O) groups is 1. The highest BCUT2D eigenvalue weighted by Gasteiger charge is 2.55. The summed E-state index contributed by atoms with van der Waals surface area (Å²) >= 11 is 0. The molecule has 1 amide bonds. The van der Waals surface area contributed by atoms with Crippen LogP contribution in [0.5, 0.6) is 0 Å². The van der Waals surface area contributed by atoms with E-state index >= 15 is 0 Å². The number of pyridine rings is 1. The van der Waals surface area contributed by atoms with E-state index in [0.717, 1.165) is 11.1 Å². The lowest BCUT2D eigenvalue weighted by Crippen LogP contribution is -2.44. The van der Waals surface area contributed by atoms with E-state index in [1.807, 2.05) is 19.1 Å². The molecule has 0 bridgehead atoms.